The fourth-order valence-corrected chi connectivity index (χ4v) is 1.62. The van der Waals surface area contributed by atoms with Gasteiger partial charge in [0.1, 0.15) is 0 Å². The van der Waals surface area contributed by atoms with E-state index in [0.29, 0.717) is 5.92 Å². The standard InChI is InChI=1S/C8H14.C7H13NO.2C2H6/c1-4-5-6-7-8(2)3;1-6(8)7-2-4-9-5-3-7;2*1-2/h4H,1-2,5-7H2,3H3;7H,1-5,8H2;2*1-2H3. The summed E-state index contributed by atoms with van der Waals surface area (Å²) in [4.78, 5) is 0. The van der Waals surface area contributed by atoms with Crippen molar-refractivity contribution in [3.05, 3.63) is 37.1 Å². The van der Waals surface area contributed by atoms with Crippen molar-refractivity contribution < 1.29 is 4.74 Å². The molecule has 1 saturated heterocycles. The van der Waals surface area contributed by atoms with Gasteiger partial charge in [-0.05, 0) is 39.0 Å². The first-order valence-electron chi connectivity index (χ1n) is 8.35. The molecule has 0 bridgehead atoms. The Balaban J connectivity index is -0.000000251. The Morgan fingerprint density at radius 3 is 1.90 bits per heavy atom. The lowest BCUT2D eigenvalue weighted by Crippen LogP contribution is -2.20. The van der Waals surface area contributed by atoms with Crippen molar-refractivity contribution in [3.8, 4) is 0 Å². The van der Waals surface area contributed by atoms with E-state index in [1.54, 1.807) is 0 Å². The van der Waals surface area contributed by atoms with Gasteiger partial charge in [0.15, 0.2) is 0 Å². The average Bonchev–Trinajstić information content (AvgIpc) is 2.53. The Morgan fingerprint density at radius 1 is 1.14 bits per heavy atom. The average molecular weight is 298 g/mol. The molecule has 1 aliphatic heterocycles. The molecular weight excluding hydrogens is 258 g/mol. The SMILES string of the molecule is C=C(N)C1CCOCC1.C=CCCCC(=C)C.CC.CC. The third-order valence-electron chi connectivity index (χ3n) is 2.76. The molecule has 1 fully saturated rings. The second-order valence-electron chi connectivity index (χ2n) is 4.60. The number of hydrogen-bond acceptors (Lipinski definition) is 2. The lowest BCUT2D eigenvalue weighted by atomic mass is 9.98. The van der Waals surface area contributed by atoms with Gasteiger partial charge in [-0.2, -0.15) is 0 Å². The Hall–Kier alpha value is -1.02. The Bertz CT molecular complexity index is 240. The van der Waals surface area contributed by atoms with E-state index in [0.717, 1.165) is 44.6 Å². The molecule has 0 radical (unpaired) electrons. The second kappa shape index (κ2) is 21.3. The van der Waals surface area contributed by atoms with Crippen LogP contribution < -0.4 is 5.73 Å². The molecule has 1 rings (SSSR count). The third-order valence-corrected chi connectivity index (χ3v) is 2.76. The molecule has 0 unspecified atom stereocenters. The molecule has 0 spiro atoms. The van der Waals surface area contributed by atoms with Gasteiger partial charge in [-0.15, -0.1) is 13.2 Å². The minimum atomic E-state index is 0.513. The van der Waals surface area contributed by atoms with Gasteiger partial charge in [0.05, 0.1) is 0 Å². The smallest absolute Gasteiger partial charge is 0.0472 e. The first-order valence-corrected chi connectivity index (χ1v) is 8.35. The van der Waals surface area contributed by atoms with Crippen LogP contribution in [-0.2, 0) is 4.74 Å². The maximum atomic E-state index is 5.52. The summed E-state index contributed by atoms with van der Waals surface area (Å²) in [6, 6.07) is 0. The molecule has 1 aliphatic rings. The number of unbranched alkanes of at least 4 members (excludes halogenated alkanes) is 1. The Kier molecular flexibility index (Phi) is 25.3. The molecule has 0 aromatic heterocycles. The fourth-order valence-electron chi connectivity index (χ4n) is 1.62. The monoisotopic (exact) mass is 297 g/mol. The van der Waals surface area contributed by atoms with Crippen molar-refractivity contribution in [3.63, 3.8) is 0 Å². The highest BCUT2D eigenvalue weighted by atomic mass is 16.5. The Labute approximate surface area is 134 Å². The molecular formula is C19H39NO. The molecule has 2 N–H and O–H groups in total. The van der Waals surface area contributed by atoms with Gasteiger partial charge in [0.25, 0.3) is 0 Å². The summed E-state index contributed by atoms with van der Waals surface area (Å²) in [5, 5.41) is 0. The number of hydrogen-bond donors (Lipinski definition) is 1. The minimum absolute atomic E-state index is 0.513. The van der Waals surface area contributed by atoms with Crippen LogP contribution in [0.5, 0.6) is 0 Å². The van der Waals surface area contributed by atoms with Crippen LogP contribution in [0.4, 0.5) is 0 Å². The summed E-state index contributed by atoms with van der Waals surface area (Å²) in [7, 11) is 0. The first-order chi connectivity index (χ1) is 10.1. The molecule has 2 heteroatoms. The fraction of sp³-hybridized carbons (Fsp3) is 0.684. The molecule has 1 heterocycles. The largest absolute Gasteiger partial charge is 0.402 e. The summed E-state index contributed by atoms with van der Waals surface area (Å²) in [5.74, 6) is 0.513. The summed E-state index contributed by atoms with van der Waals surface area (Å²) in [6.07, 6.45) is 7.52. The van der Waals surface area contributed by atoms with E-state index in [2.05, 4.69) is 26.7 Å². The number of nitrogens with two attached hydrogens (primary N) is 1. The van der Waals surface area contributed by atoms with Crippen LogP contribution in [0.2, 0.25) is 0 Å². The van der Waals surface area contributed by atoms with E-state index in [9.17, 15) is 0 Å². The van der Waals surface area contributed by atoms with E-state index in [1.807, 2.05) is 33.8 Å². The third kappa shape index (κ3) is 21.4. The van der Waals surface area contributed by atoms with Crippen molar-refractivity contribution in [2.45, 2.75) is 66.7 Å². The molecule has 0 saturated carbocycles. The van der Waals surface area contributed by atoms with Gasteiger partial charge in [0, 0.05) is 24.8 Å². The normalized spacial score (nSPS) is 13.2. The van der Waals surface area contributed by atoms with E-state index >= 15 is 0 Å². The van der Waals surface area contributed by atoms with E-state index in [-0.39, 0.29) is 0 Å². The summed E-state index contributed by atoms with van der Waals surface area (Å²) >= 11 is 0. The molecule has 0 aromatic rings. The highest BCUT2D eigenvalue weighted by molar-refractivity contribution is 4.95. The van der Waals surface area contributed by atoms with Gasteiger partial charge < -0.3 is 10.5 Å². The van der Waals surface area contributed by atoms with Gasteiger partial charge in [-0.1, -0.05) is 45.9 Å². The molecule has 2 nitrogen and oxygen atoms in total. The molecule has 0 aromatic carbocycles. The zero-order valence-corrected chi connectivity index (χ0v) is 15.2. The highest BCUT2D eigenvalue weighted by Gasteiger charge is 2.13. The van der Waals surface area contributed by atoms with Crippen molar-refractivity contribution >= 4 is 0 Å². The quantitative estimate of drug-likeness (QED) is 0.510. The van der Waals surface area contributed by atoms with Crippen LogP contribution in [-0.4, -0.2) is 13.2 Å². The summed E-state index contributed by atoms with van der Waals surface area (Å²) in [5.41, 5.74) is 7.61. The van der Waals surface area contributed by atoms with Crippen LogP contribution in [0, 0.1) is 5.92 Å². The van der Waals surface area contributed by atoms with Crippen molar-refractivity contribution in [1.29, 1.82) is 0 Å². The number of allylic oxidation sites excluding steroid dienone is 3. The number of rotatable bonds is 5. The van der Waals surface area contributed by atoms with Crippen LogP contribution in [0.3, 0.4) is 0 Å². The zero-order valence-electron chi connectivity index (χ0n) is 15.2. The lowest BCUT2D eigenvalue weighted by molar-refractivity contribution is 0.0755. The van der Waals surface area contributed by atoms with E-state index in [4.69, 9.17) is 10.5 Å². The summed E-state index contributed by atoms with van der Waals surface area (Å²) < 4.78 is 5.15. The van der Waals surface area contributed by atoms with Gasteiger partial charge in [0.2, 0.25) is 0 Å². The lowest BCUT2D eigenvalue weighted by Gasteiger charge is -2.21. The topological polar surface area (TPSA) is 35.2 Å². The van der Waals surface area contributed by atoms with Crippen molar-refractivity contribution in [2.24, 2.45) is 11.7 Å². The van der Waals surface area contributed by atoms with Crippen LogP contribution >= 0.6 is 0 Å². The van der Waals surface area contributed by atoms with Gasteiger partial charge in [-0.3, -0.25) is 0 Å². The van der Waals surface area contributed by atoms with Crippen LogP contribution in [0.15, 0.2) is 37.1 Å². The second-order valence-corrected chi connectivity index (χ2v) is 4.60. The van der Waals surface area contributed by atoms with Crippen LogP contribution in [0.25, 0.3) is 0 Å². The predicted octanol–water partition coefficient (Wildman–Crippen LogP) is 5.86. The summed E-state index contributed by atoms with van der Waals surface area (Å²) in [6.45, 7) is 22.9. The molecule has 0 amide bonds. The molecule has 0 aliphatic carbocycles. The van der Waals surface area contributed by atoms with E-state index in [1.165, 1.54) is 12.0 Å². The maximum absolute atomic E-state index is 5.52. The van der Waals surface area contributed by atoms with E-state index < -0.39 is 0 Å². The van der Waals surface area contributed by atoms with Crippen molar-refractivity contribution in [1.82, 2.24) is 0 Å². The maximum Gasteiger partial charge on any atom is 0.0472 e. The van der Waals surface area contributed by atoms with Gasteiger partial charge in [-0.25, -0.2) is 0 Å². The molecule has 21 heavy (non-hydrogen) atoms. The highest BCUT2D eigenvalue weighted by Crippen LogP contribution is 2.17. The zero-order chi connectivity index (χ0) is 17.1. The number of ether oxygens (including phenoxy) is 1. The predicted molar refractivity (Wildman–Crippen MR) is 98.4 cm³/mol. The molecule has 126 valence electrons. The first kappa shape index (κ1) is 25.0. The molecule has 0 atom stereocenters. The van der Waals surface area contributed by atoms with Gasteiger partial charge >= 0.3 is 0 Å². The van der Waals surface area contributed by atoms with Crippen LogP contribution in [0.1, 0.15) is 66.7 Å². The minimum Gasteiger partial charge on any atom is -0.402 e. The van der Waals surface area contributed by atoms with Crippen molar-refractivity contribution in [2.75, 3.05) is 13.2 Å². The Morgan fingerprint density at radius 2 is 1.62 bits per heavy atom.